The van der Waals surface area contributed by atoms with Gasteiger partial charge in [-0.2, -0.15) is 0 Å². The van der Waals surface area contributed by atoms with Crippen LogP contribution in [0.3, 0.4) is 0 Å². The maximum atomic E-state index is 12.3. The van der Waals surface area contributed by atoms with Gasteiger partial charge in [0.1, 0.15) is 5.75 Å². The molecule has 5 heteroatoms. The number of nitrogens with zero attached hydrogens (tertiary/aromatic N) is 1. The van der Waals surface area contributed by atoms with Crippen molar-refractivity contribution in [1.82, 2.24) is 4.90 Å². The lowest BCUT2D eigenvalue weighted by molar-refractivity contribution is -0.130. The van der Waals surface area contributed by atoms with E-state index in [4.69, 9.17) is 16.3 Å². The summed E-state index contributed by atoms with van der Waals surface area (Å²) in [6, 6.07) is 13.4. The van der Waals surface area contributed by atoms with Crippen LogP contribution >= 0.6 is 27.5 Å². The summed E-state index contributed by atoms with van der Waals surface area (Å²) in [5, 5.41) is 0.635. The first-order chi connectivity index (χ1) is 11.0. The van der Waals surface area contributed by atoms with Crippen molar-refractivity contribution in [2.24, 2.45) is 0 Å². The molecule has 0 aromatic heterocycles. The molecule has 0 bridgehead atoms. The van der Waals surface area contributed by atoms with Crippen LogP contribution in [0.1, 0.15) is 17.5 Å². The quantitative estimate of drug-likeness (QED) is 0.708. The van der Waals surface area contributed by atoms with E-state index >= 15 is 0 Å². The smallest absolute Gasteiger partial charge is 0.222 e. The summed E-state index contributed by atoms with van der Waals surface area (Å²) in [5.41, 5.74) is 2.04. The normalized spacial score (nSPS) is 10.4. The van der Waals surface area contributed by atoms with Gasteiger partial charge in [0.2, 0.25) is 5.91 Å². The number of rotatable bonds is 6. The highest BCUT2D eigenvalue weighted by atomic mass is 79.9. The molecule has 0 aliphatic rings. The van der Waals surface area contributed by atoms with E-state index in [2.05, 4.69) is 15.9 Å². The second-order valence-corrected chi connectivity index (χ2v) is 6.69. The van der Waals surface area contributed by atoms with Crippen LogP contribution in [0.15, 0.2) is 46.9 Å². The Labute approximate surface area is 150 Å². The van der Waals surface area contributed by atoms with E-state index in [0.29, 0.717) is 18.0 Å². The molecule has 0 heterocycles. The standard InChI is InChI=1S/C18H19BrClNO2/c1-21(12-14-11-16(20)7-8-17(14)23-2)18(22)9-6-13-4-3-5-15(19)10-13/h3-5,7-8,10-11H,6,9,12H2,1-2H3. The number of carbonyl (C=O) groups excluding carboxylic acids is 1. The molecular formula is C18H19BrClNO2. The highest BCUT2D eigenvalue weighted by Crippen LogP contribution is 2.24. The lowest BCUT2D eigenvalue weighted by Crippen LogP contribution is -2.26. The first kappa shape index (κ1) is 17.8. The molecule has 2 aromatic rings. The predicted molar refractivity (Wildman–Crippen MR) is 96.9 cm³/mol. The van der Waals surface area contributed by atoms with Gasteiger partial charge in [-0.25, -0.2) is 0 Å². The van der Waals surface area contributed by atoms with E-state index < -0.39 is 0 Å². The Kier molecular flexibility index (Phi) is 6.48. The number of hydrogen-bond acceptors (Lipinski definition) is 2. The van der Waals surface area contributed by atoms with Crippen molar-refractivity contribution in [1.29, 1.82) is 0 Å². The van der Waals surface area contributed by atoms with Crippen LogP contribution in [-0.2, 0) is 17.8 Å². The van der Waals surface area contributed by atoms with Gasteiger partial charge in [-0.1, -0.05) is 39.7 Å². The zero-order chi connectivity index (χ0) is 16.8. The Morgan fingerprint density at radius 3 is 2.74 bits per heavy atom. The lowest BCUT2D eigenvalue weighted by Gasteiger charge is -2.19. The highest BCUT2D eigenvalue weighted by Gasteiger charge is 2.12. The van der Waals surface area contributed by atoms with E-state index in [-0.39, 0.29) is 5.91 Å². The fourth-order valence-corrected chi connectivity index (χ4v) is 2.99. The number of amides is 1. The van der Waals surface area contributed by atoms with Gasteiger partial charge in [0.25, 0.3) is 0 Å². The van der Waals surface area contributed by atoms with Crippen LogP contribution in [0.5, 0.6) is 5.75 Å². The summed E-state index contributed by atoms with van der Waals surface area (Å²) < 4.78 is 6.35. The summed E-state index contributed by atoms with van der Waals surface area (Å²) in [6.07, 6.45) is 1.19. The van der Waals surface area contributed by atoms with E-state index in [0.717, 1.165) is 27.8 Å². The Balaban J connectivity index is 1.96. The summed E-state index contributed by atoms with van der Waals surface area (Å²) in [5.74, 6) is 0.827. The predicted octanol–water partition coefficient (Wildman–Crippen LogP) is 4.70. The lowest BCUT2D eigenvalue weighted by atomic mass is 10.1. The van der Waals surface area contributed by atoms with Crippen LogP contribution in [0.25, 0.3) is 0 Å². The van der Waals surface area contributed by atoms with Gasteiger partial charge >= 0.3 is 0 Å². The van der Waals surface area contributed by atoms with E-state index in [9.17, 15) is 4.79 Å². The third-order valence-electron chi connectivity index (χ3n) is 3.59. The van der Waals surface area contributed by atoms with E-state index in [1.807, 2.05) is 36.4 Å². The van der Waals surface area contributed by atoms with Gasteiger partial charge in [-0.3, -0.25) is 4.79 Å². The van der Waals surface area contributed by atoms with Gasteiger partial charge in [0.05, 0.1) is 7.11 Å². The molecule has 2 aromatic carbocycles. The second kappa shape index (κ2) is 8.37. The molecule has 1 amide bonds. The molecule has 0 fully saturated rings. The Morgan fingerprint density at radius 2 is 2.04 bits per heavy atom. The fraction of sp³-hybridized carbons (Fsp3) is 0.278. The molecule has 0 saturated carbocycles. The Morgan fingerprint density at radius 1 is 1.26 bits per heavy atom. The number of aryl methyl sites for hydroxylation is 1. The number of methoxy groups -OCH3 is 1. The molecular weight excluding hydrogens is 378 g/mol. The average molecular weight is 397 g/mol. The maximum Gasteiger partial charge on any atom is 0.222 e. The number of halogens is 2. The third kappa shape index (κ3) is 5.26. The summed E-state index contributed by atoms with van der Waals surface area (Å²) >= 11 is 9.47. The van der Waals surface area contributed by atoms with Crippen molar-refractivity contribution in [3.63, 3.8) is 0 Å². The molecule has 0 unspecified atom stereocenters. The molecule has 0 aliphatic carbocycles. The van der Waals surface area contributed by atoms with E-state index in [1.165, 1.54) is 0 Å². The monoisotopic (exact) mass is 395 g/mol. The third-order valence-corrected chi connectivity index (χ3v) is 4.32. The van der Waals surface area contributed by atoms with Gasteiger partial charge in [-0.15, -0.1) is 0 Å². The van der Waals surface area contributed by atoms with Crippen molar-refractivity contribution in [2.75, 3.05) is 14.2 Å². The summed E-state index contributed by atoms with van der Waals surface area (Å²) in [4.78, 5) is 14.0. The molecule has 2 rings (SSSR count). The molecule has 0 radical (unpaired) electrons. The van der Waals surface area contributed by atoms with Crippen LogP contribution < -0.4 is 4.74 Å². The zero-order valence-corrected chi connectivity index (χ0v) is 15.5. The molecule has 0 saturated heterocycles. The topological polar surface area (TPSA) is 29.5 Å². The molecule has 122 valence electrons. The zero-order valence-electron chi connectivity index (χ0n) is 13.2. The second-order valence-electron chi connectivity index (χ2n) is 5.34. The van der Waals surface area contributed by atoms with Crippen LogP contribution in [0, 0.1) is 0 Å². The summed E-state index contributed by atoms with van der Waals surface area (Å²) in [7, 11) is 3.41. The number of ether oxygens (including phenoxy) is 1. The van der Waals surface area contributed by atoms with Crippen LogP contribution in [0.2, 0.25) is 5.02 Å². The van der Waals surface area contributed by atoms with Crippen LogP contribution in [-0.4, -0.2) is 25.0 Å². The van der Waals surface area contributed by atoms with Gasteiger partial charge in [0, 0.05) is 35.1 Å². The fourth-order valence-electron chi connectivity index (χ4n) is 2.35. The largest absolute Gasteiger partial charge is 0.496 e. The van der Waals surface area contributed by atoms with Crippen molar-refractivity contribution < 1.29 is 9.53 Å². The molecule has 0 N–H and O–H groups in total. The highest BCUT2D eigenvalue weighted by molar-refractivity contribution is 9.10. The number of benzene rings is 2. The average Bonchev–Trinajstić information content (AvgIpc) is 2.53. The van der Waals surface area contributed by atoms with Crippen molar-refractivity contribution in [3.8, 4) is 5.75 Å². The number of carbonyl (C=O) groups is 1. The van der Waals surface area contributed by atoms with E-state index in [1.54, 1.807) is 25.1 Å². The van der Waals surface area contributed by atoms with Crippen molar-refractivity contribution in [2.45, 2.75) is 19.4 Å². The van der Waals surface area contributed by atoms with Crippen molar-refractivity contribution in [3.05, 3.63) is 63.1 Å². The Bertz CT molecular complexity index is 690. The minimum atomic E-state index is 0.0898. The molecule has 0 spiro atoms. The SMILES string of the molecule is COc1ccc(Cl)cc1CN(C)C(=O)CCc1cccc(Br)c1. The molecule has 0 atom stereocenters. The van der Waals surface area contributed by atoms with Gasteiger partial charge < -0.3 is 9.64 Å². The molecule has 0 aliphatic heterocycles. The van der Waals surface area contributed by atoms with Gasteiger partial charge in [0.15, 0.2) is 0 Å². The van der Waals surface area contributed by atoms with Gasteiger partial charge in [-0.05, 0) is 42.3 Å². The minimum absolute atomic E-state index is 0.0898. The molecule has 3 nitrogen and oxygen atoms in total. The minimum Gasteiger partial charge on any atom is -0.496 e. The molecule has 23 heavy (non-hydrogen) atoms. The first-order valence-electron chi connectivity index (χ1n) is 7.30. The number of hydrogen-bond donors (Lipinski definition) is 0. The maximum absolute atomic E-state index is 12.3. The van der Waals surface area contributed by atoms with Crippen LogP contribution in [0.4, 0.5) is 0 Å². The first-order valence-corrected chi connectivity index (χ1v) is 8.47. The van der Waals surface area contributed by atoms with Crippen molar-refractivity contribution >= 4 is 33.4 Å². The summed E-state index contributed by atoms with van der Waals surface area (Å²) in [6.45, 7) is 0.473. The Hall–Kier alpha value is -1.52.